The average Bonchev–Trinajstić information content (AvgIpc) is 2.40. The predicted molar refractivity (Wildman–Crippen MR) is 72.6 cm³/mol. The Bertz CT molecular complexity index is 522. The second-order valence-electron chi connectivity index (χ2n) is 4.42. The molecule has 1 unspecified atom stereocenters. The van der Waals surface area contributed by atoms with Crippen LogP contribution >= 0.6 is 11.6 Å². The van der Waals surface area contributed by atoms with E-state index in [4.69, 9.17) is 11.6 Å². The molecule has 1 nitrogen and oxygen atoms in total. The average molecular weight is 244 g/mol. The Morgan fingerprint density at radius 1 is 1.00 bits per heavy atom. The van der Waals surface area contributed by atoms with Crippen molar-refractivity contribution in [2.24, 2.45) is 0 Å². The maximum atomic E-state index is 6.23. The van der Waals surface area contributed by atoms with E-state index in [9.17, 15) is 0 Å². The molecule has 1 aliphatic rings. The monoisotopic (exact) mass is 243 g/mol. The van der Waals surface area contributed by atoms with Crippen LogP contribution in [0, 0.1) is 0 Å². The van der Waals surface area contributed by atoms with Gasteiger partial charge in [0.15, 0.2) is 0 Å². The van der Waals surface area contributed by atoms with Gasteiger partial charge in [-0.1, -0.05) is 54.1 Å². The normalized spacial score (nSPS) is 18.3. The van der Waals surface area contributed by atoms with Crippen LogP contribution < -0.4 is 5.32 Å². The highest BCUT2D eigenvalue weighted by Gasteiger charge is 2.20. The fourth-order valence-electron chi connectivity index (χ4n) is 2.42. The highest BCUT2D eigenvalue weighted by molar-refractivity contribution is 6.33. The van der Waals surface area contributed by atoms with Crippen molar-refractivity contribution in [1.29, 1.82) is 0 Å². The summed E-state index contributed by atoms with van der Waals surface area (Å²) in [5.41, 5.74) is 3.76. The summed E-state index contributed by atoms with van der Waals surface area (Å²) >= 11 is 6.23. The van der Waals surface area contributed by atoms with Crippen LogP contribution in [0.15, 0.2) is 48.5 Å². The number of anilines is 1. The van der Waals surface area contributed by atoms with Crippen LogP contribution in [0.5, 0.6) is 0 Å². The maximum Gasteiger partial charge on any atom is 0.0640 e. The lowest BCUT2D eigenvalue weighted by Crippen LogP contribution is -2.18. The molecule has 0 aromatic heterocycles. The number of hydrogen-bond acceptors (Lipinski definition) is 1. The highest BCUT2D eigenvalue weighted by atomic mass is 35.5. The molecule has 17 heavy (non-hydrogen) atoms. The molecule has 0 amide bonds. The Labute approximate surface area is 106 Å². The molecular weight excluding hydrogens is 230 g/mol. The van der Waals surface area contributed by atoms with E-state index in [2.05, 4.69) is 35.6 Å². The molecule has 1 atom stereocenters. The molecule has 0 radical (unpaired) electrons. The van der Waals surface area contributed by atoms with Crippen molar-refractivity contribution in [3.8, 4) is 0 Å². The molecule has 86 valence electrons. The molecule has 0 aliphatic carbocycles. The molecule has 1 N–H and O–H groups in total. The molecule has 0 spiro atoms. The van der Waals surface area contributed by atoms with E-state index in [1.807, 2.05) is 18.2 Å². The van der Waals surface area contributed by atoms with Crippen LogP contribution in [0.2, 0.25) is 5.02 Å². The minimum Gasteiger partial charge on any atom is -0.377 e. The van der Waals surface area contributed by atoms with Gasteiger partial charge in [-0.3, -0.25) is 0 Å². The largest absolute Gasteiger partial charge is 0.377 e. The highest BCUT2D eigenvalue weighted by Crippen LogP contribution is 2.36. The van der Waals surface area contributed by atoms with Crippen molar-refractivity contribution in [1.82, 2.24) is 0 Å². The third-order valence-electron chi connectivity index (χ3n) is 3.32. The lowest BCUT2D eigenvalue weighted by molar-refractivity contribution is 0.668. The minimum atomic E-state index is 0.378. The van der Waals surface area contributed by atoms with Crippen molar-refractivity contribution in [3.05, 3.63) is 64.7 Å². The molecule has 1 aliphatic heterocycles. The summed E-state index contributed by atoms with van der Waals surface area (Å²) in [6.07, 6.45) is 2.21. The van der Waals surface area contributed by atoms with Crippen molar-refractivity contribution in [2.75, 3.05) is 5.32 Å². The van der Waals surface area contributed by atoms with Gasteiger partial charge in [0, 0.05) is 0 Å². The van der Waals surface area contributed by atoms with E-state index >= 15 is 0 Å². The zero-order chi connectivity index (χ0) is 11.7. The lowest BCUT2D eigenvalue weighted by Gasteiger charge is -2.28. The van der Waals surface area contributed by atoms with Gasteiger partial charge in [-0.25, -0.2) is 0 Å². The van der Waals surface area contributed by atoms with Crippen LogP contribution in [0.4, 0.5) is 5.69 Å². The number of aryl methyl sites for hydroxylation is 1. The Morgan fingerprint density at radius 2 is 1.82 bits per heavy atom. The third kappa shape index (κ3) is 2.03. The summed E-state index contributed by atoms with van der Waals surface area (Å²) in [4.78, 5) is 0. The van der Waals surface area contributed by atoms with Gasteiger partial charge in [0.1, 0.15) is 0 Å². The molecule has 3 rings (SSSR count). The number of rotatable bonds is 1. The molecule has 0 saturated carbocycles. The van der Waals surface area contributed by atoms with Crippen LogP contribution in [0.3, 0.4) is 0 Å². The van der Waals surface area contributed by atoms with Gasteiger partial charge >= 0.3 is 0 Å². The first kappa shape index (κ1) is 10.7. The van der Waals surface area contributed by atoms with E-state index in [1.54, 1.807) is 0 Å². The van der Waals surface area contributed by atoms with E-state index in [0.29, 0.717) is 6.04 Å². The standard InChI is InChI=1S/C15H14ClN/c16-13-8-4-7-12-9-10-14(17-15(12)13)11-5-2-1-3-6-11/h1-8,14,17H,9-10H2. The maximum absolute atomic E-state index is 6.23. The van der Waals surface area contributed by atoms with Gasteiger partial charge < -0.3 is 5.32 Å². The van der Waals surface area contributed by atoms with Gasteiger partial charge in [0.25, 0.3) is 0 Å². The summed E-state index contributed by atoms with van der Waals surface area (Å²) in [5.74, 6) is 0. The van der Waals surface area contributed by atoms with E-state index in [-0.39, 0.29) is 0 Å². The van der Waals surface area contributed by atoms with Crippen LogP contribution in [-0.4, -0.2) is 0 Å². The van der Waals surface area contributed by atoms with Crippen molar-refractivity contribution >= 4 is 17.3 Å². The molecule has 2 heteroatoms. The van der Waals surface area contributed by atoms with Crippen molar-refractivity contribution < 1.29 is 0 Å². The molecule has 2 aromatic rings. The zero-order valence-electron chi connectivity index (χ0n) is 9.49. The Balaban J connectivity index is 1.93. The fourth-order valence-corrected chi connectivity index (χ4v) is 2.67. The summed E-state index contributed by atoms with van der Waals surface area (Å²) in [5, 5.41) is 4.37. The fraction of sp³-hybridized carbons (Fsp3) is 0.200. The smallest absolute Gasteiger partial charge is 0.0640 e. The van der Waals surface area contributed by atoms with Gasteiger partial charge in [-0.05, 0) is 30.0 Å². The number of halogens is 1. The molecule has 1 heterocycles. The summed E-state index contributed by atoms with van der Waals surface area (Å²) < 4.78 is 0. The van der Waals surface area contributed by atoms with Crippen molar-refractivity contribution in [2.45, 2.75) is 18.9 Å². The van der Waals surface area contributed by atoms with Crippen LogP contribution in [0.1, 0.15) is 23.6 Å². The number of benzene rings is 2. The first-order valence-electron chi connectivity index (χ1n) is 5.93. The third-order valence-corrected chi connectivity index (χ3v) is 3.64. The summed E-state index contributed by atoms with van der Waals surface area (Å²) in [7, 11) is 0. The topological polar surface area (TPSA) is 12.0 Å². The minimum absolute atomic E-state index is 0.378. The predicted octanol–water partition coefficient (Wildman–Crippen LogP) is 4.44. The van der Waals surface area contributed by atoms with Crippen LogP contribution in [-0.2, 0) is 6.42 Å². The summed E-state index contributed by atoms with van der Waals surface area (Å²) in [6, 6.07) is 17.0. The van der Waals surface area contributed by atoms with Gasteiger partial charge in [0.2, 0.25) is 0 Å². The Hall–Kier alpha value is -1.47. The van der Waals surface area contributed by atoms with Gasteiger partial charge in [-0.15, -0.1) is 0 Å². The Kier molecular flexibility index (Phi) is 2.77. The Morgan fingerprint density at radius 3 is 2.65 bits per heavy atom. The number of fused-ring (bicyclic) bond motifs is 1. The summed E-state index contributed by atoms with van der Waals surface area (Å²) in [6.45, 7) is 0. The van der Waals surface area contributed by atoms with E-state index in [1.165, 1.54) is 11.1 Å². The molecule has 2 aromatic carbocycles. The second kappa shape index (κ2) is 4.42. The molecule has 0 fully saturated rings. The number of hydrogen-bond donors (Lipinski definition) is 1. The van der Waals surface area contributed by atoms with E-state index < -0.39 is 0 Å². The second-order valence-corrected chi connectivity index (χ2v) is 4.83. The van der Waals surface area contributed by atoms with Gasteiger partial charge in [0.05, 0.1) is 16.8 Å². The lowest BCUT2D eigenvalue weighted by atomic mass is 9.93. The molecule has 0 bridgehead atoms. The first-order valence-corrected chi connectivity index (χ1v) is 6.31. The van der Waals surface area contributed by atoms with E-state index in [0.717, 1.165) is 23.6 Å². The van der Waals surface area contributed by atoms with Gasteiger partial charge in [-0.2, -0.15) is 0 Å². The first-order chi connectivity index (χ1) is 8.34. The zero-order valence-corrected chi connectivity index (χ0v) is 10.2. The van der Waals surface area contributed by atoms with Crippen molar-refractivity contribution in [3.63, 3.8) is 0 Å². The van der Waals surface area contributed by atoms with Crippen LogP contribution in [0.25, 0.3) is 0 Å². The quantitative estimate of drug-likeness (QED) is 0.781. The molecular formula is C15H14ClN. The SMILES string of the molecule is Clc1cccc2c1NC(c1ccccc1)CC2. The number of para-hydroxylation sites is 1. The molecule has 0 saturated heterocycles. The number of nitrogens with one attached hydrogen (secondary N) is 1.